The highest BCUT2D eigenvalue weighted by Gasteiger charge is 1.90. The summed E-state index contributed by atoms with van der Waals surface area (Å²) in [5, 5.41) is 0. The molecule has 0 fully saturated rings. The molecule has 15 heavy (non-hydrogen) atoms. The van der Waals surface area contributed by atoms with Crippen molar-refractivity contribution in [3.05, 3.63) is 12.2 Å². The van der Waals surface area contributed by atoms with Gasteiger partial charge in [-0.05, 0) is 25.7 Å². The number of hydrogen-bond donors (Lipinski definition) is 0. The third kappa shape index (κ3) is 13.4. The highest BCUT2D eigenvalue weighted by molar-refractivity contribution is 5.48. The minimum atomic E-state index is 0.752. The van der Waals surface area contributed by atoms with Crippen LogP contribution in [0.4, 0.5) is 0 Å². The van der Waals surface area contributed by atoms with Crippen LogP contribution < -0.4 is 0 Å². The van der Waals surface area contributed by atoms with Crippen molar-refractivity contribution < 1.29 is 4.79 Å². The quantitative estimate of drug-likeness (QED) is 0.275. The van der Waals surface area contributed by atoms with Gasteiger partial charge in [-0.25, -0.2) is 0 Å². The highest BCUT2D eigenvalue weighted by Crippen LogP contribution is 2.09. The highest BCUT2D eigenvalue weighted by atomic mass is 16.1. The smallest absolute Gasteiger partial charge is 0.119 e. The molecule has 0 atom stereocenters. The van der Waals surface area contributed by atoms with Crippen LogP contribution in [0.1, 0.15) is 71.1 Å². The van der Waals surface area contributed by atoms with Crippen molar-refractivity contribution in [2.45, 2.75) is 71.1 Å². The summed E-state index contributed by atoms with van der Waals surface area (Å²) >= 11 is 0. The third-order valence-corrected chi connectivity index (χ3v) is 2.60. The number of hydrogen-bond acceptors (Lipinski definition) is 1. The second kappa shape index (κ2) is 13.4. The average molecular weight is 210 g/mol. The summed E-state index contributed by atoms with van der Waals surface area (Å²) < 4.78 is 0. The Morgan fingerprint density at radius 3 is 1.80 bits per heavy atom. The fourth-order valence-corrected chi connectivity index (χ4v) is 1.66. The maximum Gasteiger partial charge on any atom is 0.119 e. The summed E-state index contributed by atoms with van der Waals surface area (Å²) in [7, 11) is 0. The molecule has 0 saturated heterocycles. The lowest BCUT2D eigenvalue weighted by atomic mass is 10.1. The Morgan fingerprint density at radius 2 is 1.27 bits per heavy atom. The molecule has 0 aromatic carbocycles. The summed E-state index contributed by atoms with van der Waals surface area (Å²) in [6.07, 6.45) is 17.8. The Morgan fingerprint density at radius 1 is 0.733 bits per heavy atom. The molecule has 0 amide bonds. The maximum atomic E-state index is 10.1. The predicted molar refractivity (Wildman–Crippen MR) is 67.0 cm³/mol. The lowest BCUT2D eigenvalue weighted by Crippen LogP contribution is -1.81. The van der Waals surface area contributed by atoms with Crippen molar-refractivity contribution in [1.82, 2.24) is 0 Å². The van der Waals surface area contributed by atoms with Gasteiger partial charge < -0.3 is 4.79 Å². The van der Waals surface area contributed by atoms with Crippen LogP contribution in [0.5, 0.6) is 0 Å². The zero-order chi connectivity index (χ0) is 11.2. The number of carbonyl (C=O) groups excluding carboxylic acids is 1. The molecule has 0 N–H and O–H groups in total. The van der Waals surface area contributed by atoms with E-state index in [1.807, 2.05) is 0 Å². The molecule has 0 aromatic rings. The summed E-state index contributed by atoms with van der Waals surface area (Å²) in [6.45, 7) is 2.18. The topological polar surface area (TPSA) is 17.1 Å². The van der Waals surface area contributed by atoms with Crippen LogP contribution in [-0.2, 0) is 4.79 Å². The van der Waals surface area contributed by atoms with Gasteiger partial charge in [-0.1, -0.05) is 51.2 Å². The molecule has 0 aliphatic rings. The number of carbonyl (C=O) groups is 1. The SMILES string of the molecule is CCC=CCCCCCCCCCC=O. The first kappa shape index (κ1) is 14.4. The van der Waals surface area contributed by atoms with Gasteiger partial charge in [0.25, 0.3) is 0 Å². The largest absolute Gasteiger partial charge is 0.303 e. The van der Waals surface area contributed by atoms with Gasteiger partial charge in [0.05, 0.1) is 0 Å². The van der Waals surface area contributed by atoms with Crippen LogP contribution >= 0.6 is 0 Å². The van der Waals surface area contributed by atoms with Crippen LogP contribution in [0, 0.1) is 0 Å². The average Bonchev–Trinajstić information content (AvgIpc) is 2.26. The van der Waals surface area contributed by atoms with Crippen molar-refractivity contribution in [2.24, 2.45) is 0 Å². The molecule has 0 rings (SSSR count). The molecule has 0 aromatic heterocycles. The Hall–Kier alpha value is -0.590. The number of rotatable bonds is 11. The van der Waals surface area contributed by atoms with Crippen LogP contribution in [0.3, 0.4) is 0 Å². The van der Waals surface area contributed by atoms with Crippen molar-refractivity contribution in [2.75, 3.05) is 0 Å². The van der Waals surface area contributed by atoms with Gasteiger partial charge >= 0.3 is 0 Å². The van der Waals surface area contributed by atoms with Gasteiger partial charge in [-0.3, -0.25) is 0 Å². The molecule has 0 radical (unpaired) electrons. The molecule has 1 nitrogen and oxygen atoms in total. The van der Waals surface area contributed by atoms with Gasteiger partial charge in [0.1, 0.15) is 6.29 Å². The maximum absolute atomic E-state index is 10.1. The number of aldehydes is 1. The van der Waals surface area contributed by atoms with E-state index < -0.39 is 0 Å². The Labute approximate surface area is 95.0 Å². The van der Waals surface area contributed by atoms with E-state index in [1.165, 1.54) is 44.9 Å². The second-order valence-corrected chi connectivity index (χ2v) is 4.10. The molecular formula is C14H26O. The van der Waals surface area contributed by atoms with Crippen molar-refractivity contribution >= 4 is 6.29 Å². The van der Waals surface area contributed by atoms with Gasteiger partial charge in [-0.15, -0.1) is 0 Å². The molecule has 0 unspecified atom stereocenters. The summed E-state index contributed by atoms with van der Waals surface area (Å²) in [5.74, 6) is 0. The monoisotopic (exact) mass is 210 g/mol. The minimum Gasteiger partial charge on any atom is -0.303 e. The van der Waals surface area contributed by atoms with E-state index in [9.17, 15) is 4.79 Å². The van der Waals surface area contributed by atoms with Gasteiger partial charge in [0.2, 0.25) is 0 Å². The summed E-state index contributed by atoms with van der Waals surface area (Å²) in [4.78, 5) is 10.1. The first-order chi connectivity index (χ1) is 7.41. The molecule has 0 aliphatic heterocycles. The first-order valence-electron chi connectivity index (χ1n) is 6.50. The van der Waals surface area contributed by atoms with E-state index in [-0.39, 0.29) is 0 Å². The lowest BCUT2D eigenvalue weighted by Gasteiger charge is -1.99. The Kier molecular flexibility index (Phi) is 12.9. The summed E-state index contributed by atoms with van der Waals surface area (Å²) in [6, 6.07) is 0. The molecule has 0 heterocycles. The standard InChI is InChI=1S/C14H26O/c1-2-3-4-5-6-7-8-9-10-11-12-13-14-15/h3-4,14H,2,5-13H2,1H3. The Balaban J connectivity index is 2.92. The van der Waals surface area contributed by atoms with Crippen LogP contribution in [0.15, 0.2) is 12.2 Å². The normalized spacial score (nSPS) is 11.0. The van der Waals surface area contributed by atoms with E-state index >= 15 is 0 Å². The van der Waals surface area contributed by atoms with Crippen molar-refractivity contribution in [1.29, 1.82) is 0 Å². The van der Waals surface area contributed by atoms with E-state index in [2.05, 4.69) is 19.1 Å². The van der Waals surface area contributed by atoms with E-state index in [4.69, 9.17) is 0 Å². The number of unbranched alkanes of at least 4 members (excludes halogenated alkanes) is 8. The van der Waals surface area contributed by atoms with E-state index in [0.29, 0.717) is 0 Å². The van der Waals surface area contributed by atoms with Gasteiger partial charge in [-0.2, -0.15) is 0 Å². The molecule has 0 aliphatic carbocycles. The van der Waals surface area contributed by atoms with Crippen LogP contribution in [-0.4, -0.2) is 6.29 Å². The third-order valence-electron chi connectivity index (χ3n) is 2.60. The molecule has 1 heteroatoms. The molecule has 0 bridgehead atoms. The molecule has 0 spiro atoms. The lowest BCUT2D eigenvalue weighted by molar-refractivity contribution is -0.107. The van der Waals surface area contributed by atoms with Gasteiger partial charge in [0.15, 0.2) is 0 Å². The van der Waals surface area contributed by atoms with Gasteiger partial charge in [0, 0.05) is 6.42 Å². The fourth-order valence-electron chi connectivity index (χ4n) is 1.66. The van der Waals surface area contributed by atoms with Crippen LogP contribution in [0.2, 0.25) is 0 Å². The summed E-state index contributed by atoms with van der Waals surface area (Å²) in [5.41, 5.74) is 0. The Bertz CT molecular complexity index is 149. The van der Waals surface area contributed by atoms with Crippen LogP contribution in [0.25, 0.3) is 0 Å². The molecule has 88 valence electrons. The van der Waals surface area contributed by atoms with E-state index in [1.54, 1.807) is 0 Å². The predicted octanol–water partition coefficient (Wildman–Crippen LogP) is 4.66. The molecule has 0 saturated carbocycles. The number of allylic oxidation sites excluding steroid dienone is 2. The zero-order valence-electron chi connectivity index (χ0n) is 10.2. The first-order valence-corrected chi connectivity index (χ1v) is 6.50. The van der Waals surface area contributed by atoms with Crippen molar-refractivity contribution in [3.8, 4) is 0 Å². The van der Waals surface area contributed by atoms with E-state index in [0.717, 1.165) is 25.5 Å². The minimum absolute atomic E-state index is 0.752. The van der Waals surface area contributed by atoms with Crippen molar-refractivity contribution in [3.63, 3.8) is 0 Å². The molecular weight excluding hydrogens is 184 g/mol. The zero-order valence-corrected chi connectivity index (χ0v) is 10.2. The second-order valence-electron chi connectivity index (χ2n) is 4.10. The fraction of sp³-hybridized carbons (Fsp3) is 0.786.